The van der Waals surface area contributed by atoms with Crippen LogP contribution in [0.15, 0.2) is 0 Å². The van der Waals surface area contributed by atoms with Crippen molar-refractivity contribution in [3.8, 4) is 0 Å². The quantitative estimate of drug-likeness (QED) is 0.791. The van der Waals surface area contributed by atoms with Crippen LogP contribution in [0.3, 0.4) is 0 Å². The highest BCUT2D eigenvalue weighted by Crippen LogP contribution is 2.30. The molecule has 0 spiro atoms. The summed E-state index contributed by atoms with van der Waals surface area (Å²) in [6.45, 7) is 6.62. The number of hydrogen-bond donors (Lipinski definition) is 1. The molecular formula is C15H30N2O. The van der Waals surface area contributed by atoms with Gasteiger partial charge in [-0.3, -0.25) is 0 Å². The number of rotatable bonds is 6. The molecular weight excluding hydrogens is 224 g/mol. The van der Waals surface area contributed by atoms with Gasteiger partial charge >= 0.3 is 0 Å². The van der Waals surface area contributed by atoms with Crippen LogP contribution < -0.4 is 5.73 Å². The predicted octanol–water partition coefficient (Wildman–Crippen LogP) is 2.54. The van der Waals surface area contributed by atoms with Gasteiger partial charge in [-0.2, -0.15) is 0 Å². The van der Waals surface area contributed by atoms with Crippen LogP contribution in [-0.2, 0) is 4.74 Å². The maximum absolute atomic E-state index is 6.43. The molecule has 1 aliphatic heterocycles. The normalized spacial score (nSPS) is 28.7. The summed E-state index contributed by atoms with van der Waals surface area (Å²) in [4.78, 5) is 2.57. The van der Waals surface area contributed by atoms with E-state index in [-0.39, 0.29) is 5.54 Å². The van der Waals surface area contributed by atoms with Crippen molar-refractivity contribution in [1.29, 1.82) is 0 Å². The highest BCUT2D eigenvalue weighted by molar-refractivity contribution is 4.90. The Kier molecular flexibility index (Phi) is 5.46. The molecule has 1 saturated heterocycles. The van der Waals surface area contributed by atoms with Crippen molar-refractivity contribution in [2.75, 3.05) is 26.2 Å². The lowest BCUT2D eigenvalue weighted by Gasteiger charge is -2.35. The minimum absolute atomic E-state index is 0.150. The topological polar surface area (TPSA) is 38.5 Å². The Labute approximate surface area is 112 Å². The second-order valence-corrected chi connectivity index (χ2v) is 6.26. The second kappa shape index (κ2) is 6.88. The number of nitrogens with two attached hydrogens (primary N) is 1. The molecule has 2 aliphatic rings. The predicted molar refractivity (Wildman–Crippen MR) is 75.7 cm³/mol. The highest BCUT2D eigenvalue weighted by Gasteiger charge is 2.30. The monoisotopic (exact) mass is 254 g/mol. The SMILES string of the molecule is CCCOC1CCCN(CCC2(N)CCCC2)C1. The average Bonchev–Trinajstić information content (AvgIpc) is 2.82. The van der Waals surface area contributed by atoms with Gasteiger partial charge in [0.05, 0.1) is 6.10 Å². The lowest BCUT2D eigenvalue weighted by atomic mass is 9.94. The first-order valence-corrected chi connectivity index (χ1v) is 7.85. The molecule has 18 heavy (non-hydrogen) atoms. The molecule has 2 rings (SSSR count). The van der Waals surface area contributed by atoms with Gasteiger partial charge in [0.25, 0.3) is 0 Å². The molecule has 1 saturated carbocycles. The molecule has 0 bridgehead atoms. The van der Waals surface area contributed by atoms with Crippen molar-refractivity contribution in [2.45, 2.75) is 69.9 Å². The zero-order valence-electron chi connectivity index (χ0n) is 12.0. The van der Waals surface area contributed by atoms with Crippen molar-refractivity contribution < 1.29 is 4.74 Å². The molecule has 0 aromatic rings. The Hall–Kier alpha value is -0.120. The van der Waals surface area contributed by atoms with Crippen LogP contribution in [0.2, 0.25) is 0 Å². The third-order valence-electron chi connectivity index (χ3n) is 4.55. The molecule has 1 heterocycles. The van der Waals surface area contributed by atoms with E-state index in [0.29, 0.717) is 6.10 Å². The average molecular weight is 254 g/mol. The van der Waals surface area contributed by atoms with E-state index in [1.807, 2.05) is 0 Å². The third kappa shape index (κ3) is 4.22. The Balaban J connectivity index is 1.68. The number of ether oxygens (including phenoxy) is 1. The molecule has 106 valence electrons. The second-order valence-electron chi connectivity index (χ2n) is 6.26. The number of nitrogens with zero attached hydrogens (tertiary/aromatic N) is 1. The molecule has 1 unspecified atom stereocenters. The molecule has 2 N–H and O–H groups in total. The summed E-state index contributed by atoms with van der Waals surface area (Å²) in [5, 5.41) is 0. The Morgan fingerprint density at radius 1 is 1.28 bits per heavy atom. The molecule has 1 aliphatic carbocycles. The highest BCUT2D eigenvalue weighted by atomic mass is 16.5. The minimum Gasteiger partial charge on any atom is -0.377 e. The molecule has 0 aromatic heterocycles. The third-order valence-corrected chi connectivity index (χ3v) is 4.55. The van der Waals surface area contributed by atoms with Crippen LogP contribution in [-0.4, -0.2) is 42.8 Å². The minimum atomic E-state index is 0.150. The Morgan fingerprint density at radius 3 is 2.78 bits per heavy atom. The summed E-state index contributed by atoms with van der Waals surface area (Å²) >= 11 is 0. The molecule has 2 fully saturated rings. The number of hydrogen-bond acceptors (Lipinski definition) is 3. The maximum atomic E-state index is 6.43. The van der Waals surface area contributed by atoms with E-state index in [9.17, 15) is 0 Å². The van der Waals surface area contributed by atoms with Crippen molar-refractivity contribution in [2.24, 2.45) is 5.73 Å². The first kappa shape index (κ1) is 14.3. The largest absolute Gasteiger partial charge is 0.377 e. The Morgan fingerprint density at radius 2 is 2.06 bits per heavy atom. The van der Waals surface area contributed by atoms with Crippen LogP contribution in [0.4, 0.5) is 0 Å². The van der Waals surface area contributed by atoms with Crippen LogP contribution in [0.1, 0.15) is 58.3 Å². The van der Waals surface area contributed by atoms with Gasteiger partial charge in [-0.05, 0) is 51.6 Å². The van der Waals surface area contributed by atoms with E-state index in [1.54, 1.807) is 0 Å². The fourth-order valence-corrected chi connectivity index (χ4v) is 3.35. The van der Waals surface area contributed by atoms with E-state index in [4.69, 9.17) is 10.5 Å². The number of piperidine rings is 1. The van der Waals surface area contributed by atoms with Gasteiger partial charge in [-0.1, -0.05) is 19.8 Å². The summed E-state index contributed by atoms with van der Waals surface area (Å²) in [5.74, 6) is 0. The first-order valence-electron chi connectivity index (χ1n) is 7.85. The van der Waals surface area contributed by atoms with Crippen molar-refractivity contribution in [1.82, 2.24) is 4.90 Å². The van der Waals surface area contributed by atoms with E-state index in [2.05, 4.69) is 11.8 Å². The zero-order valence-corrected chi connectivity index (χ0v) is 12.0. The van der Waals surface area contributed by atoms with Gasteiger partial charge < -0.3 is 15.4 Å². The zero-order chi connectivity index (χ0) is 12.8. The van der Waals surface area contributed by atoms with Crippen molar-refractivity contribution >= 4 is 0 Å². The van der Waals surface area contributed by atoms with Gasteiger partial charge in [0.2, 0.25) is 0 Å². The lowest BCUT2D eigenvalue weighted by molar-refractivity contribution is -0.00162. The molecule has 3 nitrogen and oxygen atoms in total. The van der Waals surface area contributed by atoms with Crippen LogP contribution in [0.5, 0.6) is 0 Å². The standard InChI is InChI=1S/C15H30N2O/c1-2-12-18-14-6-5-10-17(13-14)11-9-15(16)7-3-4-8-15/h14H,2-13,16H2,1H3. The van der Waals surface area contributed by atoms with Crippen molar-refractivity contribution in [3.63, 3.8) is 0 Å². The van der Waals surface area contributed by atoms with Crippen LogP contribution >= 0.6 is 0 Å². The van der Waals surface area contributed by atoms with Gasteiger partial charge in [0.1, 0.15) is 0 Å². The molecule has 0 amide bonds. The van der Waals surface area contributed by atoms with E-state index in [1.165, 1.54) is 58.0 Å². The van der Waals surface area contributed by atoms with Crippen LogP contribution in [0, 0.1) is 0 Å². The summed E-state index contributed by atoms with van der Waals surface area (Å²) < 4.78 is 5.89. The first-order chi connectivity index (χ1) is 8.72. The summed E-state index contributed by atoms with van der Waals surface area (Å²) in [5.41, 5.74) is 6.58. The fraction of sp³-hybridized carbons (Fsp3) is 1.00. The van der Waals surface area contributed by atoms with Crippen molar-refractivity contribution in [3.05, 3.63) is 0 Å². The molecule has 3 heteroatoms. The van der Waals surface area contributed by atoms with E-state index >= 15 is 0 Å². The van der Waals surface area contributed by atoms with Gasteiger partial charge in [0, 0.05) is 18.7 Å². The van der Waals surface area contributed by atoms with E-state index in [0.717, 1.165) is 19.6 Å². The summed E-state index contributed by atoms with van der Waals surface area (Å²) in [7, 11) is 0. The molecule has 1 atom stereocenters. The summed E-state index contributed by atoms with van der Waals surface area (Å²) in [6.07, 6.45) is 10.4. The van der Waals surface area contributed by atoms with Gasteiger partial charge in [-0.15, -0.1) is 0 Å². The van der Waals surface area contributed by atoms with Gasteiger partial charge in [0.15, 0.2) is 0 Å². The molecule has 0 radical (unpaired) electrons. The smallest absolute Gasteiger partial charge is 0.0702 e. The lowest BCUT2D eigenvalue weighted by Crippen LogP contribution is -2.45. The Bertz CT molecular complexity index is 239. The summed E-state index contributed by atoms with van der Waals surface area (Å²) in [6, 6.07) is 0. The maximum Gasteiger partial charge on any atom is 0.0702 e. The number of likely N-dealkylation sites (tertiary alicyclic amines) is 1. The fourth-order valence-electron chi connectivity index (χ4n) is 3.35. The van der Waals surface area contributed by atoms with E-state index < -0.39 is 0 Å². The van der Waals surface area contributed by atoms with Gasteiger partial charge in [-0.25, -0.2) is 0 Å². The van der Waals surface area contributed by atoms with Crippen LogP contribution in [0.25, 0.3) is 0 Å². The molecule has 0 aromatic carbocycles.